The summed E-state index contributed by atoms with van der Waals surface area (Å²) in [5.74, 6) is 0. The molecule has 0 amide bonds. The number of nitrogen functional groups attached to an aromatic ring is 1. The third-order valence-corrected chi connectivity index (χ3v) is 2.94. The van der Waals surface area contributed by atoms with E-state index in [9.17, 15) is 4.79 Å². The van der Waals surface area contributed by atoms with Gasteiger partial charge in [0.1, 0.15) is 0 Å². The molecule has 3 N–H and O–H groups in total. The molecule has 0 saturated heterocycles. The second-order valence-corrected chi connectivity index (χ2v) is 4.04. The van der Waals surface area contributed by atoms with Crippen molar-refractivity contribution in [1.82, 2.24) is 9.88 Å². The molecule has 4 heteroatoms. The normalized spacial score (nSPS) is 16.3. The van der Waals surface area contributed by atoms with Gasteiger partial charge in [0.15, 0.2) is 0 Å². The monoisotopic (exact) mass is 207 g/mol. The topological polar surface area (TPSA) is 60.0 Å². The van der Waals surface area contributed by atoms with Crippen LogP contribution in [0.25, 0.3) is 0 Å². The lowest BCUT2D eigenvalue weighted by Gasteiger charge is -2.26. The van der Waals surface area contributed by atoms with E-state index in [-0.39, 0.29) is 5.56 Å². The van der Waals surface area contributed by atoms with E-state index in [4.69, 9.17) is 5.73 Å². The van der Waals surface area contributed by atoms with Crippen LogP contribution in [0.2, 0.25) is 0 Å². The number of anilines is 1. The van der Waals surface area contributed by atoms with Gasteiger partial charge in [-0.15, -0.1) is 0 Å². The third-order valence-electron chi connectivity index (χ3n) is 2.94. The van der Waals surface area contributed by atoms with Crippen LogP contribution >= 0.6 is 0 Å². The molecule has 0 spiro atoms. The maximum Gasteiger partial charge on any atom is 0.273 e. The van der Waals surface area contributed by atoms with Gasteiger partial charge in [-0.3, -0.25) is 4.79 Å². The molecule has 0 aliphatic heterocycles. The van der Waals surface area contributed by atoms with Crippen LogP contribution in [-0.4, -0.2) is 17.2 Å². The summed E-state index contributed by atoms with van der Waals surface area (Å²) in [4.78, 5) is 11.5. The zero-order valence-electron chi connectivity index (χ0n) is 8.78. The van der Waals surface area contributed by atoms with Gasteiger partial charge in [-0.25, -0.2) is 0 Å². The number of rotatable bonds is 4. The van der Waals surface area contributed by atoms with Crippen LogP contribution < -0.4 is 16.6 Å². The molecule has 0 radical (unpaired) electrons. The summed E-state index contributed by atoms with van der Waals surface area (Å²) in [7, 11) is 0. The maximum absolute atomic E-state index is 11.5. The molecule has 1 fully saturated rings. The van der Waals surface area contributed by atoms with Crippen LogP contribution in [0.1, 0.15) is 19.3 Å². The molecular formula is C11H17N3O. The number of hydrogen-bond donors (Lipinski definition) is 2. The molecule has 1 aliphatic carbocycles. The molecule has 82 valence electrons. The van der Waals surface area contributed by atoms with E-state index in [1.165, 1.54) is 19.3 Å². The van der Waals surface area contributed by atoms with Crippen LogP contribution in [0.3, 0.4) is 0 Å². The Hall–Kier alpha value is -1.29. The van der Waals surface area contributed by atoms with Gasteiger partial charge in [0.2, 0.25) is 0 Å². The predicted octanol–water partition coefficient (Wildman–Crippen LogP) is 0.573. The first-order valence-electron chi connectivity index (χ1n) is 5.45. The molecule has 0 aromatic carbocycles. The molecule has 1 aromatic rings. The molecule has 0 bridgehead atoms. The molecule has 1 heterocycles. The number of nitrogens with one attached hydrogen (secondary N) is 1. The van der Waals surface area contributed by atoms with Gasteiger partial charge >= 0.3 is 0 Å². The Balaban J connectivity index is 1.87. The summed E-state index contributed by atoms with van der Waals surface area (Å²) in [5.41, 5.74) is 5.77. The van der Waals surface area contributed by atoms with E-state index < -0.39 is 0 Å². The van der Waals surface area contributed by atoms with E-state index >= 15 is 0 Å². The van der Waals surface area contributed by atoms with Crippen LogP contribution in [0.4, 0.5) is 5.69 Å². The summed E-state index contributed by atoms with van der Waals surface area (Å²) >= 11 is 0. The van der Waals surface area contributed by atoms with Gasteiger partial charge in [0.05, 0.1) is 5.69 Å². The lowest BCUT2D eigenvalue weighted by atomic mass is 9.93. The smallest absolute Gasteiger partial charge is 0.273 e. The Kier molecular flexibility index (Phi) is 3.06. The van der Waals surface area contributed by atoms with E-state index in [0.29, 0.717) is 18.3 Å². The Bertz CT molecular complexity index is 382. The highest BCUT2D eigenvalue weighted by atomic mass is 16.1. The first kappa shape index (κ1) is 10.2. The van der Waals surface area contributed by atoms with Gasteiger partial charge in [-0.05, 0) is 25.0 Å². The van der Waals surface area contributed by atoms with Crippen molar-refractivity contribution in [1.29, 1.82) is 0 Å². The van der Waals surface area contributed by atoms with Crippen molar-refractivity contribution in [3.05, 3.63) is 28.7 Å². The van der Waals surface area contributed by atoms with Crippen molar-refractivity contribution in [2.75, 3.05) is 12.3 Å². The van der Waals surface area contributed by atoms with Gasteiger partial charge in [0, 0.05) is 25.3 Å². The Morgan fingerprint density at radius 3 is 3.00 bits per heavy atom. The summed E-state index contributed by atoms with van der Waals surface area (Å²) in [6.45, 7) is 1.54. The Labute approximate surface area is 89.1 Å². The molecule has 1 aliphatic rings. The van der Waals surface area contributed by atoms with E-state index in [1.807, 2.05) is 0 Å². The summed E-state index contributed by atoms with van der Waals surface area (Å²) in [6, 6.07) is 4.11. The molecule has 1 saturated carbocycles. The zero-order valence-corrected chi connectivity index (χ0v) is 8.78. The van der Waals surface area contributed by atoms with Crippen LogP contribution in [0.15, 0.2) is 23.1 Å². The lowest BCUT2D eigenvalue weighted by Crippen LogP contribution is -2.38. The van der Waals surface area contributed by atoms with Crippen molar-refractivity contribution in [3.8, 4) is 0 Å². The number of nitrogens with zero attached hydrogens (tertiary/aromatic N) is 1. The molecule has 0 atom stereocenters. The number of hydrogen-bond acceptors (Lipinski definition) is 3. The second kappa shape index (κ2) is 4.49. The first-order valence-corrected chi connectivity index (χ1v) is 5.45. The van der Waals surface area contributed by atoms with E-state index in [1.54, 1.807) is 22.9 Å². The lowest BCUT2D eigenvalue weighted by molar-refractivity contribution is 0.334. The number of pyridine rings is 1. The van der Waals surface area contributed by atoms with Crippen LogP contribution in [-0.2, 0) is 6.54 Å². The quantitative estimate of drug-likeness (QED) is 0.759. The van der Waals surface area contributed by atoms with E-state index in [2.05, 4.69) is 5.32 Å². The minimum absolute atomic E-state index is 0.0899. The SMILES string of the molecule is Nc1cccn(CCNC2CCC2)c1=O. The minimum Gasteiger partial charge on any atom is -0.394 e. The molecule has 1 aromatic heterocycles. The largest absolute Gasteiger partial charge is 0.394 e. The van der Waals surface area contributed by atoms with Crippen molar-refractivity contribution in [2.45, 2.75) is 31.8 Å². The highest BCUT2D eigenvalue weighted by molar-refractivity contribution is 5.33. The fraction of sp³-hybridized carbons (Fsp3) is 0.545. The van der Waals surface area contributed by atoms with E-state index in [0.717, 1.165) is 6.54 Å². The summed E-state index contributed by atoms with van der Waals surface area (Å²) < 4.78 is 1.65. The second-order valence-electron chi connectivity index (χ2n) is 4.04. The number of nitrogens with two attached hydrogens (primary N) is 1. The summed E-state index contributed by atoms with van der Waals surface area (Å²) in [5, 5.41) is 3.41. The van der Waals surface area contributed by atoms with Crippen LogP contribution in [0, 0.1) is 0 Å². The zero-order chi connectivity index (χ0) is 10.7. The van der Waals surface area contributed by atoms with Gasteiger partial charge in [0.25, 0.3) is 5.56 Å². The molecular weight excluding hydrogens is 190 g/mol. The molecule has 4 nitrogen and oxygen atoms in total. The minimum atomic E-state index is -0.0899. The summed E-state index contributed by atoms with van der Waals surface area (Å²) in [6.07, 6.45) is 5.65. The fourth-order valence-electron chi connectivity index (χ4n) is 1.73. The van der Waals surface area contributed by atoms with Gasteiger partial charge in [-0.2, -0.15) is 0 Å². The third kappa shape index (κ3) is 2.39. The van der Waals surface area contributed by atoms with Crippen molar-refractivity contribution >= 4 is 5.69 Å². The molecule has 0 unspecified atom stereocenters. The van der Waals surface area contributed by atoms with Crippen molar-refractivity contribution < 1.29 is 0 Å². The van der Waals surface area contributed by atoms with Crippen molar-refractivity contribution in [2.24, 2.45) is 0 Å². The highest BCUT2D eigenvalue weighted by Gasteiger charge is 2.15. The molecule has 15 heavy (non-hydrogen) atoms. The van der Waals surface area contributed by atoms with Crippen molar-refractivity contribution in [3.63, 3.8) is 0 Å². The Morgan fingerprint density at radius 2 is 2.33 bits per heavy atom. The average molecular weight is 207 g/mol. The number of aromatic nitrogens is 1. The van der Waals surface area contributed by atoms with Crippen LogP contribution in [0.5, 0.6) is 0 Å². The van der Waals surface area contributed by atoms with Gasteiger partial charge in [-0.1, -0.05) is 6.42 Å². The highest BCUT2D eigenvalue weighted by Crippen LogP contribution is 2.17. The predicted molar refractivity (Wildman–Crippen MR) is 60.8 cm³/mol. The first-order chi connectivity index (χ1) is 7.27. The maximum atomic E-state index is 11.5. The standard InChI is InChI=1S/C11H17N3O/c12-10-5-2-7-14(11(10)15)8-6-13-9-3-1-4-9/h2,5,7,9,13H,1,3-4,6,8,12H2. The molecule has 2 rings (SSSR count). The van der Waals surface area contributed by atoms with Gasteiger partial charge < -0.3 is 15.6 Å². The average Bonchev–Trinajstić information content (AvgIpc) is 2.16. The fourth-order valence-corrected chi connectivity index (χ4v) is 1.73. The Morgan fingerprint density at radius 1 is 1.53 bits per heavy atom.